The average molecular weight is 322 g/mol. The molecule has 1 amide bonds. The van der Waals surface area contributed by atoms with Gasteiger partial charge in [-0.15, -0.1) is 0 Å². The van der Waals surface area contributed by atoms with Gasteiger partial charge >= 0.3 is 0 Å². The van der Waals surface area contributed by atoms with Crippen molar-refractivity contribution in [2.24, 2.45) is 5.73 Å². The molecular formula is C18H18N4O2. The van der Waals surface area contributed by atoms with Crippen LogP contribution >= 0.6 is 0 Å². The molecule has 3 rings (SSSR count). The van der Waals surface area contributed by atoms with E-state index in [2.05, 4.69) is 15.0 Å². The Morgan fingerprint density at radius 1 is 1.25 bits per heavy atom. The van der Waals surface area contributed by atoms with Crippen molar-refractivity contribution < 1.29 is 9.90 Å². The summed E-state index contributed by atoms with van der Waals surface area (Å²) in [6.07, 6.45) is 8.21. The van der Waals surface area contributed by atoms with E-state index >= 15 is 0 Å². The largest absolute Gasteiger partial charge is 0.384 e. The predicted molar refractivity (Wildman–Crippen MR) is 92.8 cm³/mol. The molecule has 3 aromatic heterocycles. The fourth-order valence-electron chi connectivity index (χ4n) is 2.42. The van der Waals surface area contributed by atoms with Gasteiger partial charge in [-0.05, 0) is 32.1 Å². The number of hydrogen-bond donors (Lipinski definition) is 3. The highest BCUT2D eigenvalue weighted by Crippen LogP contribution is 2.26. The van der Waals surface area contributed by atoms with Crippen molar-refractivity contribution in [1.29, 1.82) is 0 Å². The Bertz CT molecular complexity index is 918. The van der Waals surface area contributed by atoms with Crippen molar-refractivity contribution in [3.63, 3.8) is 0 Å². The Morgan fingerprint density at radius 3 is 2.62 bits per heavy atom. The smallest absolute Gasteiger partial charge is 0.241 e. The monoisotopic (exact) mass is 322 g/mol. The summed E-state index contributed by atoms with van der Waals surface area (Å²) in [6.45, 7) is 3.39. The fraction of sp³-hybridized carbons (Fsp3) is 0.167. The first-order valence-electron chi connectivity index (χ1n) is 7.48. The zero-order chi connectivity index (χ0) is 17.3. The summed E-state index contributed by atoms with van der Waals surface area (Å²) in [7, 11) is 0. The second-order valence-corrected chi connectivity index (χ2v) is 6.09. The number of H-pyrrole nitrogens is 1. The molecule has 3 heterocycles. The van der Waals surface area contributed by atoms with Gasteiger partial charge in [-0.3, -0.25) is 9.78 Å². The summed E-state index contributed by atoms with van der Waals surface area (Å²) < 4.78 is 0. The van der Waals surface area contributed by atoms with E-state index in [1.165, 1.54) is 6.08 Å². The Balaban J connectivity index is 2.01. The average Bonchev–Trinajstić information content (AvgIpc) is 2.94. The lowest BCUT2D eigenvalue weighted by Gasteiger charge is -2.16. The van der Waals surface area contributed by atoms with Crippen molar-refractivity contribution in [1.82, 2.24) is 15.0 Å². The van der Waals surface area contributed by atoms with Gasteiger partial charge in [-0.2, -0.15) is 0 Å². The standard InChI is InChI=1S/C18H18N4O2/c1-18(2,24)15-5-3-11(8-20-15)13-7-14-12(4-6-16(19)23)9-21-17(14)22-10-13/h3-10,24H,1-2H3,(H2,19,23)(H,21,22). The molecule has 0 unspecified atom stereocenters. The first-order valence-corrected chi connectivity index (χ1v) is 7.48. The number of hydrogen-bond acceptors (Lipinski definition) is 4. The summed E-state index contributed by atoms with van der Waals surface area (Å²) in [5.41, 5.74) is 8.11. The number of carbonyl (C=O) groups excluding carboxylic acids is 1. The van der Waals surface area contributed by atoms with Gasteiger partial charge < -0.3 is 15.8 Å². The van der Waals surface area contributed by atoms with Crippen LogP contribution in [0.2, 0.25) is 0 Å². The Hall–Kier alpha value is -2.99. The minimum atomic E-state index is -0.978. The third-order valence-electron chi connectivity index (χ3n) is 3.71. The molecule has 0 aliphatic rings. The molecule has 6 heteroatoms. The van der Waals surface area contributed by atoms with Crippen molar-refractivity contribution in [3.05, 3.63) is 54.1 Å². The van der Waals surface area contributed by atoms with Gasteiger partial charge in [-0.1, -0.05) is 6.07 Å². The Morgan fingerprint density at radius 2 is 2.00 bits per heavy atom. The van der Waals surface area contributed by atoms with E-state index in [0.717, 1.165) is 27.7 Å². The summed E-state index contributed by atoms with van der Waals surface area (Å²) in [5.74, 6) is -0.500. The van der Waals surface area contributed by atoms with Crippen LogP contribution in [0.3, 0.4) is 0 Å². The fourth-order valence-corrected chi connectivity index (χ4v) is 2.42. The molecule has 3 aromatic rings. The number of primary amides is 1. The van der Waals surface area contributed by atoms with Crippen molar-refractivity contribution in [2.45, 2.75) is 19.4 Å². The topological polar surface area (TPSA) is 105 Å². The van der Waals surface area contributed by atoms with Gasteiger partial charge in [0.05, 0.1) is 5.69 Å². The van der Waals surface area contributed by atoms with E-state index in [-0.39, 0.29) is 0 Å². The minimum absolute atomic E-state index is 0.500. The Kier molecular flexibility index (Phi) is 3.91. The van der Waals surface area contributed by atoms with Crippen LogP contribution in [-0.2, 0) is 10.4 Å². The molecule has 6 nitrogen and oxygen atoms in total. The number of aromatic nitrogens is 3. The molecule has 0 aromatic carbocycles. The highest BCUT2D eigenvalue weighted by atomic mass is 16.3. The molecule has 0 aliphatic carbocycles. The number of carbonyl (C=O) groups is 1. The lowest BCUT2D eigenvalue weighted by Crippen LogP contribution is -2.17. The molecule has 24 heavy (non-hydrogen) atoms. The number of aliphatic hydroxyl groups is 1. The maximum absolute atomic E-state index is 10.9. The van der Waals surface area contributed by atoms with E-state index in [9.17, 15) is 9.90 Å². The van der Waals surface area contributed by atoms with Gasteiger partial charge in [0.25, 0.3) is 0 Å². The van der Waals surface area contributed by atoms with Crippen LogP contribution < -0.4 is 5.73 Å². The highest BCUT2D eigenvalue weighted by Gasteiger charge is 2.17. The number of aromatic amines is 1. The number of nitrogens with one attached hydrogen (secondary N) is 1. The summed E-state index contributed by atoms with van der Waals surface area (Å²) in [6, 6.07) is 5.67. The van der Waals surface area contributed by atoms with Gasteiger partial charge in [0, 0.05) is 46.7 Å². The predicted octanol–water partition coefficient (Wildman–Crippen LogP) is 2.35. The highest BCUT2D eigenvalue weighted by molar-refractivity contribution is 5.95. The van der Waals surface area contributed by atoms with E-state index in [1.54, 1.807) is 44.6 Å². The van der Waals surface area contributed by atoms with Crippen LogP contribution in [-0.4, -0.2) is 26.0 Å². The number of nitrogens with zero attached hydrogens (tertiary/aromatic N) is 2. The van der Waals surface area contributed by atoms with Crippen LogP contribution in [0.4, 0.5) is 0 Å². The molecule has 0 radical (unpaired) electrons. The number of fused-ring (bicyclic) bond motifs is 1. The van der Waals surface area contributed by atoms with Crippen LogP contribution in [0.5, 0.6) is 0 Å². The minimum Gasteiger partial charge on any atom is -0.384 e. The van der Waals surface area contributed by atoms with Gasteiger partial charge in [0.1, 0.15) is 11.2 Å². The summed E-state index contributed by atoms with van der Waals surface area (Å²) >= 11 is 0. The zero-order valence-electron chi connectivity index (χ0n) is 13.4. The lowest BCUT2D eigenvalue weighted by molar-refractivity contribution is -0.113. The molecule has 0 bridgehead atoms. The van der Waals surface area contributed by atoms with Gasteiger partial charge in [0.15, 0.2) is 0 Å². The van der Waals surface area contributed by atoms with E-state index in [4.69, 9.17) is 5.73 Å². The number of pyridine rings is 2. The maximum Gasteiger partial charge on any atom is 0.241 e. The molecule has 0 spiro atoms. The van der Waals surface area contributed by atoms with Crippen LogP contribution in [0.25, 0.3) is 28.2 Å². The molecule has 0 atom stereocenters. The summed E-state index contributed by atoms with van der Waals surface area (Å²) in [5, 5.41) is 10.9. The van der Waals surface area contributed by atoms with E-state index in [0.29, 0.717) is 5.69 Å². The number of rotatable bonds is 4. The molecule has 0 saturated heterocycles. The quantitative estimate of drug-likeness (QED) is 0.641. The third-order valence-corrected chi connectivity index (χ3v) is 3.71. The molecule has 0 fully saturated rings. The molecule has 4 N–H and O–H groups in total. The molecule has 0 aliphatic heterocycles. The first kappa shape index (κ1) is 15.9. The SMILES string of the molecule is CC(C)(O)c1ccc(-c2cnc3[nH]cc(C=CC(N)=O)c3c2)cn1. The van der Waals surface area contributed by atoms with Crippen molar-refractivity contribution in [2.75, 3.05) is 0 Å². The second-order valence-electron chi connectivity index (χ2n) is 6.09. The second kappa shape index (κ2) is 5.90. The number of nitrogens with two attached hydrogens (primary N) is 1. The Labute approximate surface area is 139 Å². The maximum atomic E-state index is 10.9. The normalized spacial score (nSPS) is 12.1. The van der Waals surface area contributed by atoms with Crippen LogP contribution in [0, 0.1) is 0 Å². The lowest BCUT2D eigenvalue weighted by atomic mass is 10.0. The molecular weight excluding hydrogens is 304 g/mol. The van der Waals surface area contributed by atoms with Crippen molar-refractivity contribution >= 4 is 23.0 Å². The molecule has 0 saturated carbocycles. The van der Waals surface area contributed by atoms with Gasteiger partial charge in [0.2, 0.25) is 5.91 Å². The number of amides is 1. The third kappa shape index (κ3) is 3.18. The van der Waals surface area contributed by atoms with E-state index in [1.807, 2.05) is 12.1 Å². The van der Waals surface area contributed by atoms with Crippen molar-refractivity contribution in [3.8, 4) is 11.1 Å². The van der Waals surface area contributed by atoms with Gasteiger partial charge in [-0.25, -0.2) is 4.98 Å². The van der Waals surface area contributed by atoms with E-state index < -0.39 is 11.5 Å². The first-order chi connectivity index (χ1) is 11.3. The summed E-state index contributed by atoms with van der Waals surface area (Å²) in [4.78, 5) is 22.7. The molecule has 122 valence electrons. The zero-order valence-corrected chi connectivity index (χ0v) is 13.4. The van der Waals surface area contributed by atoms with Crippen LogP contribution in [0.1, 0.15) is 25.1 Å². The van der Waals surface area contributed by atoms with Crippen LogP contribution in [0.15, 0.2) is 42.9 Å².